The largest absolute Gasteiger partial charge is 0.416 e. The predicted octanol–water partition coefficient (Wildman–Crippen LogP) is 7.81. The number of ether oxygens (including phenoxy) is 1. The lowest BCUT2D eigenvalue weighted by Gasteiger charge is -2.38. The van der Waals surface area contributed by atoms with Gasteiger partial charge in [-0.2, -0.15) is 13.2 Å². The molecule has 0 amide bonds. The second-order valence-corrected chi connectivity index (χ2v) is 12.8. The number of benzene rings is 3. The van der Waals surface area contributed by atoms with Gasteiger partial charge >= 0.3 is 6.18 Å². The van der Waals surface area contributed by atoms with Gasteiger partial charge in [0.2, 0.25) is 0 Å². The zero-order chi connectivity index (χ0) is 26.6. The van der Waals surface area contributed by atoms with Crippen molar-refractivity contribution < 1.29 is 31.1 Å². The number of hydrogen-bond acceptors (Lipinski definition) is 4. The number of hydrogen-bond donors (Lipinski definition) is 0. The molecule has 192 valence electrons. The molecule has 1 aliphatic heterocycles. The van der Waals surface area contributed by atoms with Crippen LogP contribution in [0.1, 0.15) is 47.4 Å². The molecule has 3 aromatic carbocycles. The molecule has 0 radical (unpaired) electrons. The summed E-state index contributed by atoms with van der Waals surface area (Å²) in [5, 5.41) is 0. The van der Waals surface area contributed by atoms with Gasteiger partial charge < -0.3 is 4.74 Å². The zero-order valence-corrected chi connectivity index (χ0v) is 23.1. The third kappa shape index (κ3) is 6.85. The Kier molecular flexibility index (Phi) is 9.19. The molecular formula is C26H23Br2F3O4S. The molecule has 0 spiro atoms. The zero-order valence-electron chi connectivity index (χ0n) is 19.1. The summed E-state index contributed by atoms with van der Waals surface area (Å²) in [5.74, 6) is 0. The first-order valence-electron chi connectivity index (χ1n) is 10.9. The number of alkyl halides is 3. The van der Waals surface area contributed by atoms with Crippen LogP contribution in [0.2, 0.25) is 0 Å². The highest BCUT2D eigenvalue weighted by molar-refractivity contribution is 9.10. The molecule has 0 N–H and O–H groups in total. The van der Waals surface area contributed by atoms with Crippen molar-refractivity contribution in [2.45, 2.75) is 41.7 Å². The van der Waals surface area contributed by atoms with E-state index in [9.17, 15) is 26.4 Å². The van der Waals surface area contributed by atoms with E-state index in [-0.39, 0.29) is 24.3 Å². The number of aldehydes is 1. The van der Waals surface area contributed by atoms with Gasteiger partial charge in [0, 0.05) is 21.1 Å². The number of sulfone groups is 1. The van der Waals surface area contributed by atoms with E-state index in [1.54, 1.807) is 19.1 Å². The lowest BCUT2D eigenvalue weighted by Crippen LogP contribution is -2.42. The van der Waals surface area contributed by atoms with E-state index in [1.165, 1.54) is 6.07 Å². The highest BCUT2D eigenvalue weighted by Crippen LogP contribution is 2.42. The smallest absolute Gasteiger partial charge is 0.373 e. The molecule has 2 atom stereocenters. The normalized spacial score (nSPS) is 20.2. The maximum absolute atomic E-state index is 13.2. The minimum atomic E-state index is -4.60. The highest BCUT2D eigenvalue weighted by Gasteiger charge is 2.45. The topological polar surface area (TPSA) is 60.4 Å². The molecule has 1 fully saturated rings. The first kappa shape index (κ1) is 28.6. The fourth-order valence-corrected chi connectivity index (χ4v) is 6.13. The second-order valence-electron chi connectivity index (χ2n) is 8.51. The molecular weight excluding hydrogens is 625 g/mol. The summed E-state index contributed by atoms with van der Waals surface area (Å²) in [6.07, 6.45) is -3.81. The van der Waals surface area contributed by atoms with E-state index in [4.69, 9.17) is 4.74 Å². The second kappa shape index (κ2) is 11.6. The number of carbonyl (C=O) groups excluding carboxylic acids is 1. The van der Waals surface area contributed by atoms with Gasteiger partial charge in [-0.05, 0) is 67.8 Å². The molecule has 10 heteroatoms. The Balaban J connectivity index is 0.000000338. The Hall–Kier alpha value is -2.01. The third-order valence-electron chi connectivity index (χ3n) is 5.94. The molecule has 4 nitrogen and oxygen atoms in total. The van der Waals surface area contributed by atoms with E-state index in [0.717, 1.165) is 32.9 Å². The number of halogens is 5. The van der Waals surface area contributed by atoms with Gasteiger partial charge in [-0.3, -0.25) is 4.79 Å². The molecule has 0 aromatic heterocycles. The van der Waals surface area contributed by atoms with Crippen molar-refractivity contribution in [1.82, 2.24) is 0 Å². The number of rotatable bonds is 4. The summed E-state index contributed by atoms with van der Waals surface area (Å²) in [7, 11) is -3.98. The minimum Gasteiger partial charge on any atom is -0.373 e. The molecule has 36 heavy (non-hydrogen) atoms. The quantitative estimate of drug-likeness (QED) is 0.271. The molecule has 3 aromatic rings. The van der Waals surface area contributed by atoms with Crippen LogP contribution in [0.15, 0.2) is 86.6 Å². The van der Waals surface area contributed by atoms with Gasteiger partial charge in [-0.1, -0.05) is 62.2 Å². The van der Waals surface area contributed by atoms with Gasteiger partial charge in [0.15, 0.2) is 9.84 Å². The summed E-state index contributed by atoms with van der Waals surface area (Å²) in [6.45, 7) is 1.80. The maximum atomic E-state index is 13.2. The molecule has 0 saturated carbocycles. The Morgan fingerprint density at radius 1 is 0.972 bits per heavy atom. The van der Waals surface area contributed by atoms with Gasteiger partial charge in [0.05, 0.1) is 21.3 Å². The van der Waals surface area contributed by atoms with Crippen molar-refractivity contribution in [3.8, 4) is 0 Å². The van der Waals surface area contributed by atoms with E-state index in [2.05, 4.69) is 31.9 Å². The average molecular weight is 648 g/mol. The van der Waals surface area contributed by atoms with Crippen molar-refractivity contribution in [2.75, 3.05) is 6.61 Å². The number of carbonyl (C=O) groups is 1. The van der Waals surface area contributed by atoms with Crippen molar-refractivity contribution >= 4 is 48.0 Å². The van der Waals surface area contributed by atoms with Crippen molar-refractivity contribution in [2.24, 2.45) is 0 Å². The first-order chi connectivity index (χ1) is 16.9. The van der Waals surface area contributed by atoms with E-state index in [1.807, 2.05) is 36.4 Å². The molecule has 0 bridgehead atoms. The summed E-state index contributed by atoms with van der Waals surface area (Å²) in [4.78, 5) is 9.79. The lowest BCUT2D eigenvalue weighted by molar-refractivity contribution is -0.137. The fraction of sp³-hybridized carbons (Fsp3) is 0.269. The van der Waals surface area contributed by atoms with Crippen LogP contribution < -0.4 is 0 Å². The van der Waals surface area contributed by atoms with Crippen LogP contribution in [-0.4, -0.2) is 26.1 Å². The molecule has 1 aliphatic rings. The van der Waals surface area contributed by atoms with Crippen LogP contribution in [0.25, 0.3) is 0 Å². The van der Waals surface area contributed by atoms with Gasteiger partial charge in [0.1, 0.15) is 6.29 Å². The van der Waals surface area contributed by atoms with Gasteiger partial charge in [-0.15, -0.1) is 0 Å². The summed E-state index contributed by atoms with van der Waals surface area (Å²) >= 11 is 6.61. The molecule has 0 aliphatic carbocycles. The summed E-state index contributed by atoms with van der Waals surface area (Å²) in [6, 6.07) is 18.5. The van der Waals surface area contributed by atoms with Crippen LogP contribution in [0, 0.1) is 0 Å². The minimum absolute atomic E-state index is 0.174. The maximum Gasteiger partial charge on any atom is 0.416 e. The fourth-order valence-electron chi connectivity index (χ4n) is 3.77. The van der Waals surface area contributed by atoms with Crippen LogP contribution in [-0.2, 0) is 20.8 Å². The standard InChI is InChI=1S/C19H18BrF3O3S.C7H5BrO/c1-18(9-10-26-17(12-18)13-5-7-15(20)8-6-13)27(24,25)16-4-2-3-14(11-16)19(21,22)23;8-7-3-1-6(5-9)2-4-7/h2-8,11,17H,9-10,12H2,1H3;1-5H. The predicted molar refractivity (Wildman–Crippen MR) is 139 cm³/mol. The van der Waals surface area contributed by atoms with Gasteiger partial charge in [-0.25, -0.2) is 8.42 Å². The molecule has 4 rings (SSSR count). The van der Waals surface area contributed by atoms with E-state index < -0.39 is 32.4 Å². The molecule has 1 heterocycles. The van der Waals surface area contributed by atoms with Crippen LogP contribution in [0.3, 0.4) is 0 Å². The van der Waals surface area contributed by atoms with Crippen LogP contribution >= 0.6 is 31.9 Å². The first-order valence-corrected chi connectivity index (χ1v) is 13.9. The SMILES string of the molecule is CC1(S(=O)(=O)c2cccc(C(F)(F)F)c2)CCOC(c2ccc(Br)cc2)C1.O=Cc1ccc(Br)cc1. The van der Waals surface area contributed by atoms with Crippen LogP contribution in [0.5, 0.6) is 0 Å². The van der Waals surface area contributed by atoms with Gasteiger partial charge in [0.25, 0.3) is 0 Å². The Bertz CT molecular complexity index is 1290. The third-order valence-corrected chi connectivity index (χ3v) is 9.54. The van der Waals surface area contributed by atoms with Crippen LogP contribution in [0.4, 0.5) is 13.2 Å². The average Bonchev–Trinajstić information content (AvgIpc) is 2.85. The Morgan fingerprint density at radius 3 is 2.11 bits per heavy atom. The Morgan fingerprint density at radius 2 is 1.56 bits per heavy atom. The van der Waals surface area contributed by atoms with E-state index in [0.29, 0.717) is 11.6 Å². The van der Waals surface area contributed by atoms with Crippen molar-refractivity contribution in [3.63, 3.8) is 0 Å². The van der Waals surface area contributed by atoms with Crippen molar-refractivity contribution in [1.29, 1.82) is 0 Å². The summed E-state index contributed by atoms with van der Waals surface area (Å²) < 4.78 is 71.8. The summed E-state index contributed by atoms with van der Waals surface area (Å²) in [5.41, 5.74) is 0.574. The lowest BCUT2D eigenvalue weighted by atomic mass is 9.92. The van der Waals surface area contributed by atoms with Crippen molar-refractivity contribution in [3.05, 3.63) is 98.4 Å². The molecule has 2 unspecified atom stereocenters. The Labute approximate surface area is 225 Å². The monoisotopic (exact) mass is 646 g/mol. The van der Waals surface area contributed by atoms with E-state index >= 15 is 0 Å². The highest BCUT2D eigenvalue weighted by atomic mass is 79.9. The molecule has 1 saturated heterocycles.